The number of hydrogen-bond acceptors (Lipinski definition) is 1. The van der Waals surface area contributed by atoms with Gasteiger partial charge in [-0.3, -0.25) is 0 Å². The van der Waals surface area contributed by atoms with Crippen LogP contribution in [-0.2, 0) is 5.60 Å². The first-order chi connectivity index (χ1) is 8.47. The van der Waals surface area contributed by atoms with Gasteiger partial charge in [-0.05, 0) is 46.7 Å². The Morgan fingerprint density at radius 1 is 1.39 bits per heavy atom. The Balaban J connectivity index is 2.47. The molecule has 0 saturated heterocycles. The topological polar surface area (TPSA) is 20.2 Å². The number of rotatable bonds is 2. The minimum atomic E-state index is -1.01. The van der Waals surface area contributed by atoms with Gasteiger partial charge in [0.2, 0.25) is 0 Å². The van der Waals surface area contributed by atoms with E-state index in [1.807, 2.05) is 0 Å². The highest BCUT2D eigenvalue weighted by Crippen LogP contribution is 2.46. The van der Waals surface area contributed by atoms with Crippen molar-refractivity contribution in [1.82, 2.24) is 0 Å². The minimum Gasteiger partial charge on any atom is -0.385 e. The normalized spacial score (nSPS) is 28.7. The lowest BCUT2D eigenvalue weighted by Gasteiger charge is -2.43. The predicted molar refractivity (Wildman–Crippen MR) is 74.8 cm³/mol. The zero-order valence-electron chi connectivity index (χ0n) is 10.9. The van der Waals surface area contributed by atoms with Crippen molar-refractivity contribution in [2.45, 2.75) is 45.1 Å². The zero-order chi connectivity index (χ0) is 13.3. The Kier molecular flexibility index (Phi) is 4.12. The second-order valence-corrected chi connectivity index (χ2v) is 6.48. The number of aliphatic hydroxyl groups is 1. The smallest absolute Gasteiger partial charge is 0.143 e. The van der Waals surface area contributed by atoms with Gasteiger partial charge in [-0.1, -0.05) is 38.8 Å². The lowest BCUT2D eigenvalue weighted by atomic mass is 9.67. The molecule has 1 aromatic rings. The van der Waals surface area contributed by atoms with Gasteiger partial charge in [-0.2, -0.15) is 0 Å². The molecule has 1 aromatic carbocycles. The van der Waals surface area contributed by atoms with Gasteiger partial charge in [0.25, 0.3) is 0 Å². The first kappa shape index (κ1) is 14.0. The van der Waals surface area contributed by atoms with Crippen molar-refractivity contribution in [3.63, 3.8) is 0 Å². The largest absolute Gasteiger partial charge is 0.385 e. The van der Waals surface area contributed by atoms with Crippen LogP contribution in [0.2, 0.25) is 0 Å². The fourth-order valence-corrected chi connectivity index (χ4v) is 3.61. The fourth-order valence-electron chi connectivity index (χ4n) is 3.24. The second-order valence-electron chi connectivity index (χ2n) is 5.62. The summed E-state index contributed by atoms with van der Waals surface area (Å²) in [5.74, 6) is 0.177. The van der Waals surface area contributed by atoms with Crippen LogP contribution >= 0.6 is 15.9 Å². The molecule has 2 unspecified atom stereocenters. The maximum atomic E-state index is 14.3. The molecular formula is C15H20BrFO. The van der Waals surface area contributed by atoms with Crippen LogP contribution < -0.4 is 0 Å². The standard InChI is InChI=1S/C15H20BrFO/c1-10(2)11-6-3-4-9-15(11,18)12-7-5-8-13(16)14(12)17/h5,7-8,10-11,18H,3-4,6,9H2,1-2H3. The van der Waals surface area contributed by atoms with Crippen LogP contribution in [0.5, 0.6) is 0 Å². The summed E-state index contributed by atoms with van der Waals surface area (Å²) in [6, 6.07) is 5.20. The maximum absolute atomic E-state index is 14.3. The summed E-state index contributed by atoms with van der Waals surface area (Å²) in [5, 5.41) is 11.0. The lowest BCUT2D eigenvalue weighted by Crippen LogP contribution is -2.41. The third-order valence-electron chi connectivity index (χ3n) is 4.16. The molecule has 2 rings (SSSR count). The van der Waals surface area contributed by atoms with Crippen molar-refractivity contribution in [3.05, 3.63) is 34.1 Å². The van der Waals surface area contributed by atoms with Crippen molar-refractivity contribution in [2.24, 2.45) is 11.8 Å². The van der Waals surface area contributed by atoms with Crippen molar-refractivity contribution in [2.75, 3.05) is 0 Å². The molecule has 1 aliphatic rings. The van der Waals surface area contributed by atoms with E-state index in [0.29, 0.717) is 22.4 Å². The zero-order valence-corrected chi connectivity index (χ0v) is 12.5. The first-order valence-corrected chi connectivity index (χ1v) is 7.43. The van der Waals surface area contributed by atoms with E-state index in [1.54, 1.807) is 18.2 Å². The Labute approximate surface area is 117 Å². The van der Waals surface area contributed by atoms with E-state index in [9.17, 15) is 9.50 Å². The van der Waals surface area contributed by atoms with Crippen LogP contribution in [-0.4, -0.2) is 5.11 Å². The van der Waals surface area contributed by atoms with E-state index in [1.165, 1.54) is 0 Å². The lowest BCUT2D eigenvalue weighted by molar-refractivity contribution is -0.0745. The SMILES string of the molecule is CC(C)C1CCCCC1(O)c1cccc(Br)c1F. The fraction of sp³-hybridized carbons (Fsp3) is 0.600. The molecule has 1 fully saturated rings. The van der Waals surface area contributed by atoms with E-state index in [4.69, 9.17) is 0 Å². The molecule has 0 heterocycles. The third-order valence-corrected chi connectivity index (χ3v) is 4.77. The Hall–Kier alpha value is -0.410. The molecule has 1 N–H and O–H groups in total. The van der Waals surface area contributed by atoms with E-state index in [2.05, 4.69) is 29.8 Å². The second kappa shape index (κ2) is 5.30. The third kappa shape index (κ3) is 2.35. The van der Waals surface area contributed by atoms with Crippen LogP contribution in [0, 0.1) is 17.7 Å². The van der Waals surface area contributed by atoms with Crippen LogP contribution in [0.3, 0.4) is 0 Å². The van der Waals surface area contributed by atoms with Gasteiger partial charge in [0.15, 0.2) is 0 Å². The molecule has 100 valence electrons. The summed E-state index contributed by atoms with van der Waals surface area (Å²) < 4.78 is 14.7. The monoisotopic (exact) mass is 314 g/mol. The molecule has 1 saturated carbocycles. The minimum absolute atomic E-state index is 0.134. The van der Waals surface area contributed by atoms with Gasteiger partial charge >= 0.3 is 0 Å². The molecule has 3 heteroatoms. The molecule has 2 atom stereocenters. The number of hydrogen-bond donors (Lipinski definition) is 1. The molecule has 0 bridgehead atoms. The Morgan fingerprint density at radius 3 is 2.78 bits per heavy atom. The van der Waals surface area contributed by atoms with E-state index in [-0.39, 0.29) is 11.7 Å². The quantitative estimate of drug-likeness (QED) is 0.844. The predicted octanol–water partition coefficient (Wildman–Crippen LogP) is 4.62. The highest BCUT2D eigenvalue weighted by Gasteiger charge is 2.43. The highest BCUT2D eigenvalue weighted by atomic mass is 79.9. The van der Waals surface area contributed by atoms with E-state index < -0.39 is 5.60 Å². The summed E-state index contributed by atoms with van der Waals surface area (Å²) in [4.78, 5) is 0. The highest BCUT2D eigenvalue weighted by molar-refractivity contribution is 9.10. The molecule has 0 aliphatic heterocycles. The van der Waals surface area contributed by atoms with Crippen molar-refractivity contribution in [1.29, 1.82) is 0 Å². The van der Waals surface area contributed by atoms with E-state index in [0.717, 1.165) is 19.3 Å². The Bertz CT molecular complexity index is 433. The molecule has 18 heavy (non-hydrogen) atoms. The summed E-state index contributed by atoms with van der Waals surface area (Å²) in [5.41, 5.74) is -0.560. The first-order valence-electron chi connectivity index (χ1n) is 6.63. The summed E-state index contributed by atoms with van der Waals surface area (Å²) in [6.45, 7) is 4.22. The summed E-state index contributed by atoms with van der Waals surface area (Å²) in [6.07, 6.45) is 3.72. The van der Waals surface area contributed by atoms with Gasteiger partial charge < -0.3 is 5.11 Å². The number of benzene rings is 1. The van der Waals surface area contributed by atoms with Crippen molar-refractivity contribution < 1.29 is 9.50 Å². The van der Waals surface area contributed by atoms with Gasteiger partial charge in [0, 0.05) is 5.56 Å². The van der Waals surface area contributed by atoms with Crippen molar-refractivity contribution in [3.8, 4) is 0 Å². The average Bonchev–Trinajstić information content (AvgIpc) is 2.32. The summed E-state index contributed by atoms with van der Waals surface area (Å²) >= 11 is 3.21. The van der Waals surface area contributed by atoms with Crippen LogP contribution in [0.1, 0.15) is 45.1 Å². The van der Waals surface area contributed by atoms with Crippen LogP contribution in [0.25, 0.3) is 0 Å². The molecule has 0 radical (unpaired) electrons. The average molecular weight is 315 g/mol. The summed E-state index contributed by atoms with van der Waals surface area (Å²) in [7, 11) is 0. The maximum Gasteiger partial charge on any atom is 0.143 e. The molecule has 1 aliphatic carbocycles. The van der Waals surface area contributed by atoms with Gasteiger partial charge in [-0.25, -0.2) is 4.39 Å². The van der Waals surface area contributed by atoms with Gasteiger partial charge in [-0.15, -0.1) is 0 Å². The molecule has 0 amide bonds. The Morgan fingerprint density at radius 2 is 2.11 bits per heavy atom. The number of halogens is 2. The molecule has 0 spiro atoms. The molecule has 0 aromatic heterocycles. The van der Waals surface area contributed by atoms with Crippen molar-refractivity contribution >= 4 is 15.9 Å². The molecular weight excluding hydrogens is 295 g/mol. The van der Waals surface area contributed by atoms with Gasteiger partial charge in [0.1, 0.15) is 5.82 Å². The van der Waals surface area contributed by atoms with Crippen LogP contribution in [0.4, 0.5) is 4.39 Å². The van der Waals surface area contributed by atoms with E-state index >= 15 is 0 Å². The van der Waals surface area contributed by atoms with Gasteiger partial charge in [0.05, 0.1) is 10.1 Å². The molecule has 1 nitrogen and oxygen atoms in total. The van der Waals surface area contributed by atoms with Crippen LogP contribution in [0.15, 0.2) is 22.7 Å².